The third kappa shape index (κ3) is 3.25. The molecule has 0 aliphatic heterocycles. The van der Waals surface area contributed by atoms with Gasteiger partial charge in [0.1, 0.15) is 5.82 Å². The summed E-state index contributed by atoms with van der Waals surface area (Å²) < 4.78 is 1.97. The molecule has 4 nitrogen and oxygen atoms in total. The van der Waals surface area contributed by atoms with Crippen molar-refractivity contribution >= 4 is 18.5 Å². The lowest BCUT2D eigenvalue weighted by molar-refractivity contribution is -0.122. The first-order valence-electron chi connectivity index (χ1n) is 5.99. The second kappa shape index (κ2) is 5.12. The lowest BCUT2D eigenvalue weighted by Gasteiger charge is -2.11. The largest absolute Gasteiger partial charge is 0.356 e. The van der Waals surface area contributed by atoms with Gasteiger partial charge in [-0.2, -0.15) is 12.6 Å². The number of nitrogens with zero attached hydrogens (tertiary/aromatic N) is 2. The molecular formula is C12H19N3OS. The number of amides is 1. The van der Waals surface area contributed by atoms with Crippen LogP contribution in [0.2, 0.25) is 0 Å². The summed E-state index contributed by atoms with van der Waals surface area (Å²) in [6, 6.07) is 0. The molecule has 1 N–H and O–H groups in total. The predicted octanol–water partition coefficient (Wildman–Crippen LogP) is 1.18. The fourth-order valence-electron chi connectivity index (χ4n) is 1.92. The minimum atomic E-state index is 0.144. The molecule has 2 rings (SSSR count). The van der Waals surface area contributed by atoms with Gasteiger partial charge < -0.3 is 9.88 Å². The van der Waals surface area contributed by atoms with Crippen molar-refractivity contribution in [3.8, 4) is 0 Å². The molecule has 5 heteroatoms. The number of hydrogen-bond donors (Lipinski definition) is 2. The highest BCUT2D eigenvalue weighted by atomic mass is 32.1. The minimum Gasteiger partial charge on any atom is -0.356 e. The second-order valence-corrected chi connectivity index (χ2v) is 5.21. The zero-order chi connectivity index (χ0) is 12.3. The molecule has 0 spiro atoms. The number of hydrogen-bond acceptors (Lipinski definition) is 3. The Hall–Kier alpha value is -0.970. The number of aryl methyl sites for hydroxylation is 1. The molecule has 0 bridgehead atoms. The summed E-state index contributed by atoms with van der Waals surface area (Å²) in [6.07, 6.45) is 7.38. The molecule has 0 saturated heterocycles. The quantitative estimate of drug-likeness (QED) is 0.748. The maximum atomic E-state index is 11.7. The maximum absolute atomic E-state index is 11.7. The van der Waals surface area contributed by atoms with E-state index < -0.39 is 0 Å². The number of carbonyl (C=O) groups excluding carboxylic acids is 1. The fraction of sp³-hybridized carbons (Fsp3) is 0.667. The molecule has 1 amide bonds. The zero-order valence-corrected chi connectivity index (χ0v) is 11.0. The second-order valence-electron chi connectivity index (χ2n) is 4.89. The summed E-state index contributed by atoms with van der Waals surface area (Å²) in [5.74, 6) is 1.96. The van der Waals surface area contributed by atoms with Crippen LogP contribution in [-0.2, 0) is 18.3 Å². The van der Waals surface area contributed by atoms with Crippen molar-refractivity contribution < 1.29 is 4.79 Å². The predicted molar refractivity (Wildman–Crippen MR) is 70.1 cm³/mol. The highest BCUT2D eigenvalue weighted by Crippen LogP contribution is 2.49. The first kappa shape index (κ1) is 12.5. The van der Waals surface area contributed by atoms with Crippen LogP contribution in [0.4, 0.5) is 0 Å². The van der Waals surface area contributed by atoms with Crippen molar-refractivity contribution in [3.05, 3.63) is 18.2 Å². The van der Waals surface area contributed by atoms with E-state index in [1.807, 2.05) is 17.8 Å². The minimum absolute atomic E-state index is 0.144. The third-order valence-corrected chi connectivity index (χ3v) is 4.09. The van der Waals surface area contributed by atoms with E-state index in [4.69, 9.17) is 0 Å². The molecule has 17 heavy (non-hydrogen) atoms. The Balaban J connectivity index is 1.69. The first-order valence-corrected chi connectivity index (χ1v) is 6.62. The molecular weight excluding hydrogens is 234 g/mol. The monoisotopic (exact) mass is 253 g/mol. The number of aromatic nitrogens is 2. The molecule has 1 aromatic heterocycles. The molecule has 1 aliphatic rings. The molecule has 1 aliphatic carbocycles. The summed E-state index contributed by atoms with van der Waals surface area (Å²) in [7, 11) is 1.96. The van der Waals surface area contributed by atoms with E-state index in [1.54, 1.807) is 6.20 Å². The fourth-order valence-corrected chi connectivity index (χ4v) is 2.35. The van der Waals surface area contributed by atoms with E-state index in [1.165, 1.54) is 0 Å². The van der Waals surface area contributed by atoms with Crippen molar-refractivity contribution in [2.45, 2.75) is 25.7 Å². The molecule has 0 atom stereocenters. The number of imidazole rings is 1. The van der Waals surface area contributed by atoms with E-state index in [-0.39, 0.29) is 11.3 Å². The van der Waals surface area contributed by atoms with Crippen molar-refractivity contribution in [1.29, 1.82) is 0 Å². The average molecular weight is 253 g/mol. The van der Waals surface area contributed by atoms with Crippen LogP contribution in [0, 0.1) is 5.41 Å². The lowest BCUT2D eigenvalue weighted by atomic mass is 10.1. The Kier molecular flexibility index (Phi) is 3.76. The van der Waals surface area contributed by atoms with Crippen molar-refractivity contribution in [2.75, 3.05) is 12.3 Å². The highest BCUT2D eigenvalue weighted by molar-refractivity contribution is 7.80. The van der Waals surface area contributed by atoms with Gasteiger partial charge in [-0.15, -0.1) is 0 Å². The summed E-state index contributed by atoms with van der Waals surface area (Å²) in [4.78, 5) is 15.9. The van der Waals surface area contributed by atoms with Crippen LogP contribution in [0.15, 0.2) is 12.4 Å². The van der Waals surface area contributed by atoms with E-state index in [0.29, 0.717) is 13.0 Å². The van der Waals surface area contributed by atoms with Gasteiger partial charge in [0.25, 0.3) is 0 Å². The molecule has 94 valence electrons. The summed E-state index contributed by atoms with van der Waals surface area (Å²) in [5.41, 5.74) is 0.205. The van der Waals surface area contributed by atoms with E-state index in [2.05, 4.69) is 22.9 Å². The van der Waals surface area contributed by atoms with Gasteiger partial charge in [-0.25, -0.2) is 4.98 Å². The van der Waals surface area contributed by atoms with Gasteiger partial charge in [0.15, 0.2) is 0 Å². The number of nitrogens with one attached hydrogen (secondary N) is 1. The van der Waals surface area contributed by atoms with Crippen molar-refractivity contribution in [1.82, 2.24) is 14.9 Å². The molecule has 1 aromatic rings. The van der Waals surface area contributed by atoms with Gasteiger partial charge in [-0.3, -0.25) is 4.79 Å². The molecule has 0 aromatic carbocycles. The standard InChI is InChI=1S/C12H19N3OS/c1-15-7-6-13-10(15)2-5-14-11(16)8-12(9-17)3-4-12/h6-7,17H,2-5,8-9H2,1H3,(H,14,16). The van der Waals surface area contributed by atoms with Gasteiger partial charge in [0.2, 0.25) is 5.91 Å². The number of rotatable bonds is 6. The Labute approximate surface area is 107 Å². The van der Waals surface area contributed by atoms with E-state index in [0.717, 1.165) is 30.8 Å². The first-order chi connectivity index (χ1) is 8.15. The van der Waals surface area contributed by atoms with Gasteiger partial charge in [0.05, 0.1) is 0 Å². The molecule has 0 unspecified atom stereocenters. The maximum Gasteiger partial charge on any atom is 0.220 e. The Morgan fingerprint density at radius 2 is 2.41 bits per heavy atom. The molecule has 1 fully saturated rings. The van der Waals surface area contributed by atoms with Gasteiger partial charge in [-0.1, -0.05) is 0 Å². The van der Waals surface area contributed by atoms with Crippen LogP contribution < -0.4 is 5.32 Å². The third-order valence-electron chi connectivity index (χ3n) is 3.42. The summed E-state index contributed by atoms with van der Waals surface area (Å²) >= 11 is 4.30. The Bertz CT molecular complexity index is 398. The van der Waals surface area contributed by atoms with Crippen molar-refractivity contribution in [2.24, 2.45) is 12.5 Å². The van der Waals surface area contributed by atoms with E-state index >= 15 is 0 Å². The lowest BCUT2D eigenvalue weighted by Crippen LogP contribution is -2.29. The SMILES string of the molecule is Cn1ccnc1CCNC(=O)CC1(CS)CC1. The summed E-state index contributed by atoms with van der Waals surface area (Å²) in [5, 5.41) is 2.95. The van der Waals surface area contributed by atoms with Crippen LogP contribution in [0.1, 0.15) is 25.1 Å². The number of thiol groups is 1. The normalized spacial score (nSPS) is 16.8. The van der Waals surface area contributed by atoms with Crippen LogP contribution in [0.25, 0.3) is 0 Å². The molecule has 0 radical (unpaired) electrons. The number of carbonyl (C=O) groups is 1. The summed E-state index contributed by atoms with van der Waals surface area (Å²) in [6.45, 7) is 0.659. The zero-order valence-electron chi connectivity index (χ0n) is 10.1. The van der Waals surface area contributed by atoms with Crippen LogP contribution in [0.3, 0.4) is 0 Å². The van der Waals surface area contributed by atoms with Gasteiger partial charge in [0, 0.05) is 38.8 Å². The smallest absolute Gasteiger partial charge is 0.220 e. The van der Waals surface area contributed by atoms with Gasteiger partial charge >= 0.3 is 0 Å². The molecule has 1 heterocycles. The topological polar surface area (TPSA) is 46.9 Å². The van der Waals surface area contributed by atoms with Crippen LogP contribution >= 0.6 is 12.6 Å². The van der Waals surface area contributed by atoms with Crippen molar-refractivity contribution in [3.63, 3.8) is 0 Å². The molecule has 1 saturated carbocycles. The Morgan fingerprint density at radius 3 is 2.94 bits per heavy atom. The Morgan fingerprint density at radius 1 is 1.65 bits per heavy atom. The van der Waals surface area contributed by atoms with E-state index in [9.17, 15) is 4.79 Å². The van der Waals surface area contributed by atoms with Crippen LogP contribution in [-0.4, -0.2) is 27.8 Å². The van der Waals surface area contributed by atoms with Crippen LogP contribution in [0.5, 0.6) is 0 Å². The average Bonchev–Trinajstić information content (AvgIpc) is 2.96. The highest BCUT2D eigenvalue weighted by Gasteiger charge is 2.42. The van der Waals surface area contributed by atoms with Gasteiger partial charge in [-0.05, 0) is 24.0 Å².